The predicted molar refractivity (Wildman–Crippen MR) is 108 cm³/mol. The molecule has 1 saturated heterocycles. The molecular weight excluding hydrogens is 366 g/mol. The van der Waals surface area contributed by atoms with Crippen LogP contribution < -0.4 is 10.6 Å². The van der Waals surface area contributed by atoms with Crippen molar-refractivity contribution in [2.24, 2.45) is 5.92 Å². The second-order valence-electron chi connectivity index (χ2n) is 6.80. The number of rotatable bonds is 6. The third-order valence-electron chi connectivity index (χ3n) is 4.79. The maximum absolute atomic E-state index is 12.0. The van der Waals surface area contributed by atoms with Gasteiger partial charge in [-0.3, -0.25) is 10.2 Å². The number of thiazole rings is 2. The maximum atomic E-state index is 12.0. The van der Waals surface area contributed by atoms with Gasteiger partial charge >= 0.3 is 6.03 Å². The minimum absolute atomic E-state index is 0.157. The molecule has 8 heteroatoms. The lowest BCUT2D eigenvalue weighted by atomic mass is 9.97. The largest absolute Gasteiger partial charge is 0.338 e. The third kappa shape index (κ3) is 5.25. The zero-order valence-electron chi connectivity index (χ0n) is 15.7. The van der Waals surface area contributed by atoms with Crippen molar-refractivity contribution in [3.05, 3.63) is 26.7 Å². The van der Waals surface area contributed by atoms with Crippen molar-refractivity contribution in [2.75, 3.05) is 25.0 Å². The van der Waals surface area contributed by atoms with Crippen molar-refractivity contribution in [3.63, 3.8) is 0 Å². The average Bonchev–Trinajstić information content (AvgIpc) is 3.20. The standard InChI is InChI=1S/C18H27N5OS2/c1-4-16-21-15(11-25-16)10-23-7-5-14(6-8-23)9-19-17(24)22-18-20-12(2)13(3)26-18/h11,14H,4-10H2,1-3H3,(H2,19,20,22,24). The lowest BCUT2D eigenvalue weighted by molar-refractivity contribution is 0.174. The van der Waals surface area contributed by atoms with Gasteiger partial charge < -0.3 is 5.32 Å². The van der Waals surface area contributed by atoms with Crippen molar-refractivity contribution in [1.29, 1.82) is 0 Å². The summed E-state index contributed by atoms with van der Waals surface area (Å²) in [6.07, 6.45) is 3.24. The number of aryl methyl sites for hydroxylation is 3. The Bertz CT molecular complexity index is 714. The van der Waals surface area contributed by atoms with E-state index >= 15 is 0 Å². The second-order valence-corrected chi connectivity index (χ2v) is 8.95. The summed E-state index contributed by atoms with van der Waals surface area (Å²) >= 11 is 3.27. The molecule has 2 amide bonds. The molecule has 1 aliphatic rings. The summed E-state index contributed by atoms with van der Waals surface area (Å²) in [5, 5.41) is 9.89. The van der Waals surface area contributed by atoms with E-state index < -0.39 is 0 Å². The number of piperidine rings is 1. The fourth-order valence-electron chi connectivity index (χ4n) is 3.07. The number of nitrogens with zero attached hydrogens (tertiary/aromatic N) is 3. The summed E-state index contributed by atoms with van der Waals surface area (Å²) in [7, 11) is 0. The molecule has 2 aromatic heterocycles. The smallest absolute Gasteiger partial charge is 0.321 e. The first-order valence-corrected chi connectivity index (χ1v) is 10.9. The van der Waals surface area contributed by atoms with Gasteiger partial charge in [0.15, 0.2) is 5.13 Å². The lowest BCUT2D eigenvalue weighted by Crippen LogP contribution is -2.39. The fraction of sp³-hybridized carbons (Fsp3) is 0.611. The number of nitrogens with one attached hydrogen (secondary N) is 2. The highest BCUT2D eigenvalue weighted by molar-refractivity contribution is 7.15. The number of anilines is 1. The molecule has 2 N–H and O–H groups in total. The summed E-state index contributed by atoms with van der Waals surface area (Å²) in [6.45, 7) is 9.92. The maximum Gasteiger partial charge on any atom is 0.321 e. The normalized spacial score (nSPS) is 16.0. The van der Waals surface area contributed by atoms with Crippen LogP contribution in [0.5, 0.6) is 0 Å². The van der Waals surface area contributed by atoms with E-state index in [1.165, 1.54) is 22.0 Å². The molecule has 142 valence electrons. The van der Waals surface area contributed by atoms with E-state index in [1.807, 2.05) is 13.8 Å². The molecule has 0 aliphatic carbocycles. The Kier molecular flexibility index (Phi) is 6.61. The van der Waals surface area contributed by atoms with Crippen LogP contribution in [0.15, 0.2) is 5.38 Å². The zero-order chi connectivity index (χ0) is 18.5. The molecule has 1 fully saturated rings. The Balaban J connectivity index is 1.36. The topological polar surface area (TPSA) is 70.2 Å². The van der Waals surface area contributed by atoms with Crippen LogP contribution in [0.1, 0.15) is 41.0 Å². The molecule has 0 bridgehead atoms. The van der Waals surface area contributed by atoms with Crippen LogP contribution in [0.4, 0.5) is 9.93 Å². The highest BCUT2D eigenvalue weighted by Crippen LogP contribution is 2.22. The molecule has 26 heavy (non-hydrogen) atoms. The fourth-order valence-corrected chi connectivity index (χ4v) is 4.61. The molecule has 0 atom stereocenters. The molecule has 1 aliphatic heterocycles. The number of amides is 2. The van der Waals surface area contributed by atoms with E-state index in [9.17, 15) is 4.79 Å². The van der Waals surface area contributed by atoms with Gasteiger partial charge in [-0.2, -0.15) is 0 Å². The van der Waals surface area contributed by atoms with Crippen molar-refractivity contribution >= 4 is 33.8 Å². The van der Waals surface area contributed by atoms with E-state index in [2.05, 4.69) is 37.8 Å². The van der Waals surface area contributed by atoms with Crippen LogP contribution >= 0.6 is 22.7 Å². The number of carbonyl (C=O) groups is 1. The van der Waals surface area contributed by atoms with Gasteiger partial charge in [-0.1, -0.05) is 6.92 Å². The monoisotopic (exact) mass is 393 g/mol. The third-order valence-corrected chi connectivity index (χ3v) is 6.83. The van der Waals surface area contributed by atoms with Crippen molar-refractivity contribution < 1.29 is 4.79 Å². The van der Waals surface area contributed by atoms with Gasteiger partial charge in [0.1, 0.15) is 0 Å². The number of urea groups is 1. The summed E-state index contributed by atoms with van der Waals surface area (Å²) < 4.78 is 0. The van der Waals surface area contributed by atoms with Crippen molar-refractivity contribution in [2.45, 2.75) is 46.6 Å². The van der Waals surface area contributed by atoms with Crippen LogP contribution in [0, 0.1) is 19.8 Å². The number of aromatic nitrogens is 2. The minimum Gasteiger partial charge on any atom is -0.338 e. The molecule has 6 nitrogen and oxygen atoms in total. The van der Waals surface area contributed by atoms with Crippen LogP contribution in [0.3, 0.4) is 0 Å². The van der Waals surface area contributed by atoms with Crippen molar-refractivity contribution in [1.82, 2.24) is 20.2 Å². The molecule has 3 heterocycles. The van der Waals surface area contributed by atoms with E-state index in [1.54, 1.807) is 11.3 Å². The molecule has 0 radical (unpaired) electrons. The molecular formula is C18H27N5OS2. The van der Waals surface area contributed by atoms with E-state index in [0.29, 0.717) is 11.0 Å². The van der Waals surface area contributed by atoms with Crippen LogP contribution in [0.2, 0.25) is 0 Å². The highest BCUT2D eigenvalue weighted by atomic mass is 32.1. The molecule has 0 spiro atoms. The minimum atomic E-state index is -0.157. The first kappa shape index (κ1) is 19.3. The summed E-state index contributed by atoms with van der Waals surface area (Å²) in [6, 6.07) is -0.157. The van der Waals surface area contributed by atoms with Gasteiger partial charge in [-0.15, -0.1) is 22.7 Å². The molecule has 0 saturated carbocycles. The van der Waals surface area contributed by atoms with Crippen molar-refractivity contribution in [3.8, 4) is 0 Å². The first-order chi connectivity index (χ1) is 12.5. The van der Waals surface area contributed by atoms with Crippen LogP contribution in [0.25, 0.3) is 0 Å². The predicted octanol–water partition coefficient (Wildman–Crippen LogP) is 3.81. The molecule has 0 unspecified atom stereocenters. The Labute approximate surface area is 163 Å². The van der Waals surface area contributed by atoms with Gasteiger partial charge in [-0.05, 0) is 52.1 Å². The van der Waals surface area contributed by atoms with Gasteiger partial charge in [-0.25, -0.2) is 14.8 Å². The highest BCUT2D eigenvalue weighted by Gasteiger charge is 2.20. The van der Waals surface area contributed by atoms with Crippen LogP contribution in [-0.2, 0) is 13.0 Å². The lowest BCUT2D eigenvalue weighted by Gasteiger charge is -2.31. The Hall–Kier alpha value is -1.51. The number of hydrogen-bond acceptors (Lipinski definition) is 6. The SMILES string of the molecule is CCc1nc(CN2CCC(CNC(=O)Nc3nc(C)c(C)s3)CC2)cs1. The quantitative estimate of drug-likeness (QED) is 0.783. The van der Waals surface area contributed by atoms with Gasteiger partial charge in [0, 0.05) is 23.3 Å². The zero-order valence-corrected chi connectivity index (χ0v) is 17.3. The summed E-state index contributed by atoms with van der Waals surface area (Å²) in [4.78, 5) is 24.6. The number of likely N-dealkylation sites (tertiary alicyclic amines) is 1. The molecule has 2 aromatic rings. The van der Waals surface area contributed by atoms with Crippen LogP contribution in [-0.4, -0.2) is 40.5 Å². The van der Waals surface area contributed by atoms with E-state index in [0.717, 1.165) is 56.0 Å². The Morgan fingerprint density at radius 2 is 2.08 bits per heavy atom. The molecule has 3 rings (SSSR count). The van der Waals surface area contributed by atoms with Gasteiger partial charge in [0.25, 0.3) is 0 Å². The second kappa shape index (κ2) is 8.92. The number of carbonyl (C=O) groups excluding carboxylic acids is 1. The summed E-state index contributed by atoms with van der Waals surface area (Å²) in [5.41, 5.74) is 2.17. The van der Waals surface area contributed by atoms with E-state index in [-0.39, 0.29) is 6.03 Å². The van der Waals surface area contributed by atoms with Gasteiger partial charge in [0.05, 0.1) is 16.4 Å². The Morgan fingerprint density at radius 1 is 1.31 bits per heavy atom. The summed E-state index contributed by atoms with van der Waals surface area (Å²) in [5.74, 6) is 0.540. The van der Waals surface area contributed by atoms with E-state index in [4.69, 9.17) is 0 Å². The molecule has 0 aromatic carbocycles. The Morgan fingerprint density at radius 3 is 2.69 bits per heavy atom. The first-order valence-electron chi connectivity index (χ1n) is 9.18. The average molecular weight is 394 g/mol. The number of hydrogen-bond donors (Lipinski definition) is 2. The van der Waals surface area contributed by atoms with Gasteiger partial charge in [0.2, 0.25) is 0 Å².